The van der Waals surface area contributed by atoms with E-state index in [1.807, 2.05) is 0 Å². The van der Waals surface area contributed by atoms with Crippen molar-refractivity contribution in [2.75, 3.05) is 0 Å². The van der Waals surface area contributed by atoms with Gasteiger partial charge in [0.15, 0.2) is 0 Å². The normalized spacial score (nSPS) is 10.9. The molecule has 0 aliphatic carbocycles. The molecule has 0 heteroatoms. The molecule has 0 aliphatic rings. The lowest BCUT2D eigenvalue weighted by molar-refractivity contribution is 1.49. The van der Waals surface area contributed by atoms with Gasteiger partial charge in [0, 0.05) is 22.3 Å². The van der Waals surface area contributed by atoms with E-state index >= 15 is 0 Å². The summed E-state index contributed by atoms with van der Waals surface area (Å²) in [6.07, 6.45) is 0. The molecule has 346 valence electrons. The Labute approximate surface area is 435 Å². The predicted molar refractivity (Wildman–Crippen MR) is 313 cm³/mol. The van der Waals surface area contributed by atoms with Gasteiger partial charge < -0.3 is 0 Å². The van der Waals surface area contributed by atoms with Crippen molar-refractivity contribution in [3.8, 4) is 123 Å². The molecule has 0 bridgehead atoms. The zero-order valence-electron chi connectivity index (χ0n) is 40.9. The highest BCUT2D eigenvalue weighted by molar-refractivity contribution is 6.21. The summed E-state index contributed by atoms with van der Waals surface area (Å²) < 4.78 is 0. The maximum atomic E-state index is 3.94. The lowest BCUT2D eigenvalue weighted by atomic mass is 9.69. The molecule has 0 amide bonds. The van der Waals surface area contributed by atoms with Gasteiger partial charge in [-0.2, -0.15) is 0 Å². The summed E-state index contributed by atoms with van der Waals surface area (Å²) in [5.74, 6) is 7.65. The first kappa shape index (κ1) is 45.3. The summed E-state index contributed by atoms with van der Waals surface area (Å²) in [7, 11) is 0. The van der Waals surface area contributed by atoms with Crippen LogP contribution >= 0.6 is 0 Å². The molecular weight excluding hydrogens is 889 g/mol. The smallest absolute Gasteiger partial charge is 0.0418 e. The molecule has 12 aromatic carbocycles. The molecule has 0 nitrogen and oxygen atoms in total. The molecule has 0 aromatic heterocycles. The van der Waals surface area contributed by atoms with E-state index in [0.29, 0.717) is 0 Å². The van der Waals surface area contributed by atoms with Crippen LogP contribution in [0.5, 0.6) is 0 Å². The van der Waals surface area contributed by atoms with Gasteiger partial charge in [0.25, 0.3) is 0 Å². The van der Waals surface area contributed by atoms with Crippen LogP contribution in [-0.4, -0.2) is 0 Å². The third-order valence-corrected chi connectivity index (χ3v) is 13.9. The molecule has 0 heterocycles. The molecule has 12 rings (SSSR count). The van der Waals surface area contributed by atoms with E-state index in [2.05, 4.69) is 315 Å². The molecule has 0 radical (unpaired) electrons. The van der Waals surface area contributed by atoms with Crippen molar-refractivity contribution in [1.29, 1.82) is 0 Å². The Morgan fingerprint density at radius 3 is 0.514 bits per heavy atom. The van der Waals surface area contributed by atoms with Crippen molar-refractivity contribution in [3.63, 3.8) is 0 Å². The van der Waals surface area contributed by atoms with Crippen LogP contribution in [0.25, 0.3) is 111 Å². The largest absolute Gasteiger partial charge is 0.0622 e. The first-order chi connectivity index (χ1) is 36.8. The van der Waals surface area contributed by atoms with Gasteiger partial charge in [-0.1, -0.05) is 303 Å². The third kappa shape index (κ3) is 8.75. The zero-order valence-corrected chi connectivity index (χ0v) is 40.9. The van der Waals surface area contributed by atoms with Crippen molar-refractivity contribution in [3.05, 3.63) is 314 Å². The summed E-state index contributed by atoms with van der Waals surface area (Å²) in [5.41, 5.74) is 24.3. The van der Waals surface area contributed by atoms with Crippen LogP contribution in [0, 0.1) is 11.8 Å². The molecule has 0 saturated heterocycles. The average molecular weight is 939 g/mol. The van der Waals surface area contributed by atoms with Crippen molar-refractivity contribution in [1.82, 2.24) is 0 Å². The fraction of sp³-hybridized carbons (Fsp3) is 0. The monoisotopic (exact) mass is 938 g/mol. The van der Waals surface area contributed by atoms with Crippen LogP contribution in [-0.2, 0) is 0 Å². The molecular formula is C74H50. The molecule has 0 spiro atoms. The second-order valence-electron chi connectivity index (χ2n) is 18.4. The van der Waals surface area contributed by atoms with Gasteiger partial charge in [-0.25, -0.2) is 0 Å². The molecule has 12 aromatic rings. The Hall–Kier alpha value is -9.80. The highest BCUT2D eigenvalue weighted by Crippen LogP contribution is 2.61. The second kappa shape index (κ2) is 20.9. The molecule has 0 aliphatic heterocycles. The van der Waals surface area contributed by atoms with Gasteiger partial charge >= 0.3 is 0 Å². The Bertz CT molecular complexity index is 3690. The van der Waals surface area contributed by atoms with Gasteiger partial charge in [-0.15, -0.1) is 0 Å². The van der Waals surface area contributed by atoms with Crippen LogP contribution in [0.1, 0.15) is 11.1 Å². The highest BCUT2D eigenvalue weighted by Gasteiger charge is 2.35. The molecule has 0 fully saturated rings. The van der Waals surface area contributed by atoms with Gasteiger partial charge in [-0.05, 0) is 112 Å². The van der Waals surface area contributed by atoms with Crippen LogP contribution in [0.3, 0.4) is 0 Å². The van der Waals surface area contributed by atoms with Gasteiger partial charge in [0.2, 0.25) is 0 Å². The molecule has 0 saturated carbocycles. The van der Waals surface area contributed by atoms with Crippen molar-refractivity contribution >= 4 is 0 Å². The van der Waals surface area contributed by atoms with E-state index in [0.717, 1.165) is 117 Å². The van der Waals surface area contributed by atoms with E-state index in [1.54, 1.807) is 0 Å². The topological polar surface area (TPSA) is 0 Å². The quantitative estimate of drug-likeness (QED) is 0.120. The van der Waals surface area contributed by atoms with E-state index in [1.165, 1.54) is 5.56 Å². The minimum atomic E-state index is 0.950. The zero-order chi connectivity index (χ0) is 49.5. The van der Waals surface area contributed by atoms with Crippen LogP contribution in [0.4, 0.5) is 0 Å². The van der Waals surface area contributed by atoms with Crippen molar-refractivity contribution in [2.24, 2.45) is 0 Å². The second-order valence-corrected chi connectivity index (χ2v) is 18.4. The number of hydrogen-bond acceptors (Lipinski definition) is 0. The molecule has 74 heavy (non-hydrogen) atoms. The van der Waals surface area contributed by atoms with E-state index in [4.69, 9.17) is 0 Å². The maximum Gasteiger partial charge on any atom is 0.0418 e. The predicted octanol–water partition coefficient (Wildman–Crippen LogP) is 19.8. The van der Waals surface area contributed by atoms with E-state index in [-0.39, 0.29) is 0 Å². The molecule has 0 N–H and O–H groups in total. The summed E-state index contributed by atoms with van der Waals surface area (Å²) >= 11 is 0. The number of rotatable bonds is 10. The van der Waals surface area contributed by atoms with Crippen molar-refractivity contribution < 1.29 is 0 Å². The fourth-order valence-corrected chi connectivity index (χ4v) is 10.8. The molecule has 0 atom stereocenters. The highest BCUT2D eigenvalue weighted by atomic mass is 14.4. The lowest BCUT2D eigenvalue weighted by Gasteiger charge is -2.33. The maximum absolute atomic E-state index is 3.94. The van der Waals surface area contributed by atoms with Gasteiger partial charge in [-0.3, -0.25) is 0 Å². The average Bonchev–Trinajstić information content (AvgIpc) is 3.59. The number of benzene rings is 12. The van der Waals surface area contributed by atoms with Gasteiger partial charge in [0.05, 0.1) is 0 Å². The first-order valence-electron chi connectivity index (χ1n) is 25.4. The summed E-state index contributed by atoms with van der Waals surface area (Å²) in [6.45, 7) is 0. The summed E-state index contributed by atoms with van der Waals surface area (Å²) in [6, 6.07) is 110. The summed E-state index contributed by atoms with van der Waals surface area (Å²) in [4.78, 5) is 0. The Balaban J connectivity index is 1.47. The SMILES string of the molecule is C(#Cc1c(-c2ccccc2)c(-c2ccccc2)c(-c2c(-c3ccccc3)c(-c3ccccc3)c(-c3ccccc3)c(-c3ccccc3)c2-c2ccccc2)c(-c2ccccc2)c1-c1ccccc1)c1ccccc1. The van der Waals surface area contributed by atoms with E-state index in [9.17, 15) is 0 Å². The Morgan fingerprint density at radius 2 is 0.297 bits per heavy atom. The third-order valence-electron chi connectivity index (χ3n) is 13.9. The number of hydrogen-bond donors (Lipinski definition) is 0. The minimum Gasteiger partial charge on any atom is -0.0622 e. The van der Waals surface area contributed by atoms with Gasteiger partial charge in [0.1, 0.15) is 0 Å². The standard InChI is InChI=1S/C74H50/c1-11-31-53(32-12-1)51-52-63-64(54-33-13-2-14-34-54)66(56-37-17-4-18-38-56)73(67(57-39-19-5-20-40-57)65(63)55-35-15-3-16-36-55)74-71(61-47-27-9-28-48-61)69(59-43-23-7-24-44-59)68(58-41-21-6-22-42-58)70(60-45-25-8-26-46-60)72(74)62-49-29-10-30-50-62/h1-50H. The lowest BCUT2D eigenvalue weighted by Crippen LogP contribution is -2.07. The minimum absolute atomic E-state index is 0.950. The Kier molecular flexibility index (Phi) is 12.8. The van der Waals surface area contributed by atoms with E-state index < -0.39 is 0 Å². The molecule has 0 unspecified atom stereocenters. The first-order valence-corrected chi connectivity index (χ1v) is 25.4. The van der Waals surface area contributed by atoms with Crippen LogP contribution in [0.2, 0.25) is 0 Å². The van der Waals surface area contributed by atoms with Crippen molar-refractivity contribution in [2.45, 2.75) is 0 Å². The van der Waals surface area contributed by atoms with Crippen LogP contribution in [0.15, 0.2) is 303 Å². The van der Waals surface area contributed by atoms with Crippen LogP contribution < -0.4 is 0 Å². The Morgan fingerprint density at radius 1 is 0.135 bits per heavy atom. The fourth-order valence-electron chi connectivity index (χ4n) is 10.8. The summed E-state index contributed by atoms with van der Waals surface area (Å²) in [5, 5.41) is 0.